The normalized spacial score (nSPS) is 17.5. The molecule has 0 aliphatic carbocycles. The minimum Gasteiger partial charge on any atom is -0.327 e. The van der Waals surface area contributed by atoms with Crippen molar-refractivity contribution in [3.8, 4) is 0 Å². The minimum absolute atomic E-state index is 0.104. The number of aryl methyl sites for hydroxylation is 2. The summed E-state index contributed by atoms with van der Waals surface area (Å²) >= 11 is 0. The van der Waals surface area contributed by atoms with E-state index in [2.05, 4.69) is 10.6 Å². The van der Waals surface area contributed by atoms with Crippen molar-refractivity contribution in [1.29, 1.82) is 0 Å². The van der Waals surface area contributed by atoms with Gasteiger partial charge in [0.2, 0.25) is 11.8 Å². The van der Waals surface area contributed by atoms with Crippen molar-refractivity contribution in [2.45, 2.75) is 51.6 Å². The van der Waals surface area contributed by atoms with Crippen molar-refractivity contribution >= 4 is 47.2 Å². The molecule has 2 fully saturated rings. The summed E-state index contributed by atoms with van der Waals surface area (Å²) in [4.78, 5) is 56.1. The van der Waals surface area contributed by atoms with Gasteiger partial charge in [-0.15, -0.1) is 0 Å². The molecule has 4 aromatic carbocycles. The molecule has 4 aromatic rings. The van der Waals surface area contributed by atoms with Gasteiger partial charge in [-0.05, 0) is 98.2 Å². The van der Waals surface area contributed by atoms with Crippen LogP contribution in [-0.4, -0.2) is 58.6 Å². The zero-order valence-electron chi connectivity index (χ0n) is 27.3. The summed E-state index contributed by atoms with van der Waals surface area (Å²) in [5, 5.41) is 5.97. The molecule has 2 N–H and O–H groups in total. The lowest BCUT2D eigenvalue weighted by Crippen LogP contribution is -2.43. The van der Waals surface area contributed by atoms with Gasteiger partial charge in [0.25, 0.3) is 11.8 Å². The molecule has 8 nitrogen and oxygen atoms in total. The lowest BCUT2D eigenvalue weighted by atomic mass is 10.1. The number of likely N-dealkylation sites (tertiary alicyclic amines) is 2. The Balaban J connectivity index is 1.02. The fraction of sp³-hybridized carbons (Fsp3) is 0.250. The molecule has 2 heterocycles. The maximum absolute atomic E-state index is 13.2. The predicted octanol–water partition coefficient (Wildman–Crippen LogP) is 6.96. The predicted molar refractivity (Wildman–Crippen MR) is 190 cm³/mol. The number of nitrogens with zero attached hydrogens (tertiary/aromatic N) is 2. The Morgan fingerprint density at radius 3 is 1.31 bits per heavy atom. The van der Waals surface area contributed by atoms with Gasteiger partial charge in [-0.2, -0.15) is 0 Å². The van der Waals surface area contributed by atoms with Gasteiger partial charge in [0.1, 0.15) is 12.1 Å². The molecule has 0 bridgehead atoms. The molecule has 48 heavy (non-hydrogen) atoms. The number of amides is 4. The number of carbonyl (C=O) groups excluding carboxylic acids is 4. The maximum atomic E-state index is 13.2. The van der Waals surface area contributed by atoms with E-state index in [1.54, 1.807) is 9.80 Å². The van der Waals surface area contributed by atoms with Crippen LogP contribution in [0.5, 0.6) is 0 Å². The molecule has 2 saturated heterocycles. The highest BCUT2D eigenvalue weighted by Crippen LogP contribution is 2.25. The molecule has 0 unspecified atom stereocenters. The zero-order valence-corrected chi connectivity index (χ0v) is 27.3. The molecule has 2 atom stereocenters. The summed E-state index contributed by atoms with van der Waals surface area (Å²) < 4.78 is 0. The van der Waals surface area contributed by atoms with Crippen LogP contribution in [0.3, 0.4) is 0 Å². The van der Waals surface area contributed by atoms with Gasteiger partial charge in [0, 0.05) is 35.6 Å². The second-order valence-electron chi connectivity index (χ2n) is 12.5. The molecule has 4 amide bonds. The first-order valence-electron chi connectivity index (χ1n) is 16.5. The van der Waals surface area contributed by atoms with Crippen molar-refractivity contribution in [3.63, 3.8) is 0 Å². The van der Waals surface area contributed by atoms with Gasteiger partial charge in [-0.3, -0.25) is 19.2 Å². The molecular weight excluding hydrogens is 600 g/mol. The monoisotopic (exact) mass is 640 g/mol. The molecule has 2 aliphatic rings. The number of carbonyl (C=O) groups is 4. The lowest BCUT2D eigenvalue weighted by molar-refractivity contribution is -0.120. The van der Waals surface area contributed by atoms with E-state index >= 15 is 0 Å². The lowest BCUT2D eigenvalue weighted by Gasteiger charge is -2.24. The Kier molecular flexibility index (Phi) is 9.80. The standard InChI is InChI=1S/C40H40N4O4/c1-27-9-3-5-11-33(27)39(47)43-25-7-13-35(43)37(45)41-31-21-17-29(18-22-31)15-16-30-19-23-32(24-20-30)42-38(46)36-14-8-26-44(36)40(48)34-12-6-4-10-28(34)2/h3-6,9-12,15-24,35-36H,7-8,13-14,25-26H2,1-2H3,(H,41,45)(H,42,46)/t35-,36-/m0/s1. The quantitative estimate of drug-likeness (QED) is 0.204. The Hall–Kier alpha value is -5.50. The van der Waals surface area contributed by atoms with Crippen LogP contribution in [0.25, 0.3) is 12.2 Å². The highest BCUT2D eigenvalue weighted by molar-refractivity contribution is 6.03. The fourth-order valence-corrected chi connectivity index (χ4v) is 6.50. The third-order valence-electron chi connectivity index (χ3n) is 9.21. The van der Waals surface area contributed by atoms with E-state index in [0.717, 1.165) is 35.1 Å². The summed E-state index contributed by atoms with van der Waals surface area (Å²) in [6.45, 7) is 4.95. The Morgan fingerprint density at radius 2 is 0.938 bits per heavy atom. The smallest absolute Gasteiger partial charge is 0.254 e. The second-order valence-corrected chi connectivity index (χ2v) is 12.5. The largest absolute Gasteiger partial charge is 0.327 e. The molecule has 0 radical (unpaired) electrons. The minimum atomic E-state index is -0.498. The van der Waals surface area contributed by atoms with Gasteiger partial charge in [-0.25, -0.2) is 0 Å². The van der Waals surface area contributed by atoms with Crippen molar-refractivity contribution < 1.29 is 19.2 Å². The van der Waals surface area contributed by atoms with Crippen LogP contribution in [-0.2, 0) is 9.59 Å². The Morgan fingerprint density at radius 1 is 0.562 bits per heavy atom. The molecule has 0 saturated carbocycles. The highest BCUT2D eigenvalue weighted by atomic mass is 16.2. The van der Waals surface area contributed by atoms with Crippen LogP contribution in [0.2, 0.25) is 0 Å². The van der Waals surface area contributed by atoms with Crippen molar-refractivity contribution in [2.75, 3.05) is 23.7 Å². The number of hydrogen-bond donors (Lipinski definition) is 2. The van der Waals surface area contributed by atoms with Crippen LogP contribution in [0, 0.1) is 13.8 Å². The number of nitrogens with one attached hydrogen (secondary N) is 2. The number of rotatable bonds is 8. The van der Waals surface area contributed by atoms with Crippen molar-refractivity contribution in [2.24, 2.45) is 0 Å². The summed E-state index contributed by atoms with van der Waals surface area (Å²) in [6.07, 6.45) is 6.82. The van der Waals surface area contributed by atoms with E-state index in [1.807, 2.05) is 123 Å². The average molecular weight is 641 g/mol. The molecule has 8 heteroatoms. The summed E-state index contributed by atoms with van der Waals surface area (Å²) in [6, 6.07) is 29.1. The van der Waals surface area contributed by atoms with Crippen molar-refractivity contribution in [1.82, 2.24) is 9.80 Å². The topological polar surface area (TPSA) is 98.8 Å². The molecule has 244 valence electrons. The first-order chi connectivity index (χ1) is 23.3. The third-order valence-corrected chi connectivity index (χ3v) is 9.21. The van der Waals surface area contributed by atoms with Gasteiger partial charge in [0.15, 0.2) is 0 Å². The molecular formula is C40H40N4O4. The van der Waals surface area contributed by atoms with Crippen LogP contribution in [0.1, 0.15) is 68.7 Å². The van der Waals surface area contributed by atoms with Crippen LogP contribution in [0.15, 0.2) is 97.1 Å². The van der Waals surface area contributed by atoms with E-state index in [9.17, 15) is 19.2 Å². The summed E-state index contributed by atoms with van der Waals surface area (Å²) in [5.41, 5.74) is 6.34. The zero-order chi connectivity index (χ0) is 33.6. The van der Waals surface area contributed by atoms with Gasteiger partial charge < -0.3 is 20.4 Å². The van der Waals surface area contributed by atoms with E-state index in [1.165, 1.54) is 0 Å². The first-order valence-corrected chi connectivity index (χ1v) is 16.5. The van der Waals surface area contributed by atoms with E-state index < -0.39 is 12.1 Å². The van der Waals surface area contributed by atoms with Crippen LogP contribution in [0.4, 0.5) is 11.4 Å². The molecule has 0 aromatic heterocycles. The highest BCUT2D eigenvalue weighted by Gasteiger charge is 2.36. The average Bonchev–Trinajstić information content (AvgIpc) is 3.80. The molecule has 2 aliphatic heterocycles. The Bertz CT molecular complexity index is 1710. The van der Waals surface area contributed by atoms with E-state index in [4.69, 9.17) is 0 Å². The summed E-state index contributed by atoms with van der Waals surface area (Å²) in [7, 11) is 0. The van der Waals surface area contributed by atoms with E-state index in [-0.39, 0.29) is 23.6 Å². The Labute approximate surface area is 281 Å². The maximum Gasteiger partial charge on any atom is 0.254 e. The number of anilines is 2. The van der Waals surface area contributed by atoms with Gasteiger partial charge in [-0.1, -0.05) is 72.8 Å². The van der Waals surface area contributed by atoms with Gasteiger partial charge >= 0.3 is 0 Å². The number of benzene rings is 4. The van der Waals surface area contributed by atoms with Crippen LogP contribution < -0.4 is 10.6 Å². The fourth-order valence-electron chi connectivity index (χ4n) is 6.50. The first kappa shape index (κ1) is 32.4. The van der Waals surface area contributed by atoms with Crippen molar-refractivity contribution in [3.05, 3.63) is 130 Å². The summed E-state index contributed by atoms with van der Waals surface area (Å²) in [5.74, 6) is -0.563. The number of hydrogen-bond acceptors (Lipinski definition) is 4. The third kappa shape index (κ3) is 7.23. The van der Waals surface area contributed by atoms with E-state index in [0.29, 0.717) is 48.4 Å². The second kappa shape index (κ2) is 14.5. The molecule has 6 rings (SSSR count). The van der Waals surface area contributed by atoms with Crippen LogP contribution >= 0.6 is 0 Å². The SMILES string of the molecule is Cc1ccccc1C(=O)N1CCC[C@H]1C(=O)Nc1ccc(C=Cc2ccc(NC(=O)[C@@H]3CCCN3C(=O)c3ccccc3C)cc2)cc1. The van der Waals surface area contributed by atoms with Gasteiger partial charge in [0.05, 0.1) is 0 Å². The molecule has 0 spiro atoms.